The fourth-order valence-electron chi connectivity index (χ4n) is 2.92. The number of carbonyl (C=O) groups excluding carboxylic acids is 1. The molecular formula is C17H24N2OS. The first kappa shape index (κ1) is 16.0. The van der Waals surface area contributed by atoms with Crippen LogP contribution in [-0.4, -0.2) is 16.4 Å². The SMILES string of the molecule is CC1CCC(NC(=O)CCc2ccccc2)(C(N)=S)CC1. The zero-order valence-corrected chi connectivity index (χ0v) is 13.4. The highest BCUT2D eigenvalue weighted by molar-refractivity contribution is 7.80. The van der Waals surface area contributed by atoms with E-state index in [-0.39, 0.29) is 5.91 Å². The van der Waals surface area contributed by atoms with E-state index in [0.717, 1.165) is 32.1 Å². The van der Waals surface area contributed by atoms with Gasteiger partial charge in [0.1, 0.15) is 0 Å². The van der Waals surface area contributed by atoms with Crippen LogP contribution in [0.15, 0.2) is 30.3 Å². The first-order valence-corrected chi connectivity index (χ1v) is 8.07. The lowest BCUT2D eigenvalue weighted by molar-refractivity contribution is -0.122. The van der Waals surface area contributed by atoms with E-state index in [0.29, 0.717) is 17.3 Å². The predicted octanol–water partition coefficient (Wildman–Crippen LogP) is 2.97. The smallest absolute Gasteiger partial charge is 0.221 e. The van der Waals surface area contributed by atoms with Crippen molar-refractivity contribution in [2.75, 3.05) is 0 Å². The van der Waals surface area contributed by atoms with Crippen LogP contribution in [0.25, 0.3) is 0 Å². The minimum Gasteiger partial charge on any atom is -0.391 e. The van der Waals surface area contributed by atoms with Crippen LogP contribution in [0.3, 0.4) is 0 Å². The molecule has 0 unspecified atom stereocenters. The van der Waals surface area contributed by atoms with Crippen LogP contribution in [-0.2, 0) is 11.2 Å². The molecule has 1 aromatic rings. The number of nitrogens with one attached hydrogen (secondary N) is 1. The molecule has 0 aromatic heterocycles. The molecule has 0 heterocycles. The standard InChI is InChI=1S/C17H24N2OS/c1-13-9-11-17(12-10-13,16(18)21)19-15(20)8-7-14-5-3-2-4-6-14/h2-6,13H,7-12H2,1H3,(H2,18,21)(H,19,20). The molecule has 0 saturated heterocycles. The topological polar surface area (TPSA) is 55.1 Å². The van der Waals surface area contributed by atoms with E-state index in [1.165, 1.54) is 5.56 Å². The predicted molar refractivity (Wildman–Crippen MR) is 90.1 cm³/mol. The van der Waals surface area contributed by atoms with Gasteiger partial charge in [-0.25, -0.2) is 0 Å². The quantitative estimate of drug-likeness (QED) is 0.822. The highest BCUT2D eigenvalue weighted by atomic mass is 32.1. The summed E-state index contributed by atoms with van der Waals surface area (Å²) in [5, 5.41) is 3.12. The van der Waals surface area contributed by atoms with Crippen LogP contribution in [0.1, 0.15) is 44.6 Å². The molecule has 1 fully saturated rings. The molecule has 3 nitrogen and oxygen atoms in total. The number of carbonyl (C=O) groups is 1. The Morgan fingerprint density at radius 1 is 1.33 bits per heavy atom. The van der Waals surface area contributed by atoms with E-state index in [1.54, 1.807) is 0 Å². The summed E-state index contributed by atoms with van der Waals surface area (Å²) in [5.41, 5.74) is 6.63. The number of thiocarbonyl (C=S) groups is 1. The lowest BCUT2D eigenvalue weighted by Crippen LogP contribution is -2.58. The van der Waals surface area contributed by atoms with Crippen LogP contribution in [0, 0.1) is 5.92 Å². The minimum absolute atomic E-state index is 0.0428. The number of hydrogen-bond acceptors (Lipinski definition) is 2. The molecule has 0 spiro atoms. The molecule has 0 atom stereocenters. The molecule has 1 aromatic carbocycles. The molecule has 2 rings (SSSR count). The fraction of sp³-hybridized carbons (Fsp3) is 0.529. The molecule has 114 valence electrons. The molecule has 4 heteroatoms. The van der Waals surface area contributed by atoms with Gasteiger partial charge in [-0.15, -0.1) is 0 Å². The Morgan fingerprint density at radius 2 is 1.95 bits per heavy atom. The van der Waals surface area contributed by atoms with Gasteiger partial charge in [0.2, 0.25) is 5.91 Å². The van der Waals surface area contributed by atoms with Gasteiger partial charge in [-0.3, -0.25) is 4.79 Å². The second-order valence-corrected chi connectivity index (χ2v) is 6.60. The molecule has 1 saturated carbocycles. The number of amides is 1. The maximum atomic E-state index is 12.2. The van der Waals surface area contributed by atoms with E-state index in [4.69, 9.17) is 18.0 Å². The van der Waals surface area contributed by atoms with Crippen LogP contribution in [0.2, 0.25) is 0 Å². The van der Waals surface area contributed by atoms with Crippen molar-refractivity contribution in [1.82, 2.24) is 5.32 Å². The van der Waals surface area contributed by atoms with Gasteiger partial charge in [-0.05, 0) is 43.6 Å². The molecule has 21 heavy (non-hydrogen) atoms. The monoisotopic (exact) mass is 304 g/mol. The Bertz CT molecular complexity index is 493. The van der Waals surface area contributed by atoms with Crippen molar-refractivity contribution >= 4 is 23.1 Å². The van der Waals surface area contributed by atoms with Gasteiger partial charge < -0.3 is 11.1 Å². The lowest BCUT2D eigenvalue weighted by atomic mass is 9.77. The Balaban J connectivity index is 1.91. The van der Waals surface area contributed by atoms with Gasteiger partial charge in [0.25, 0.3) is 0 Å². The average molecular weight is 304 g/mol. The third-order valence-electron chi connectivity index (χ3n) is 4.46. The number of aryl methyl sites for hydroxylation is 1. The lowest BCUT2D eigenvalue weighted by Gasteiger charge is -2.39. The summed E-state index contributed by atoms with van der Waals surface area (Å²) in [5.74, 6) is 0.731. The van der Waals surface area contributed by atoms with Crippen molar-refractivity contribution in [3.63, 3.8) is 0 Å². The van der Waals surface area contributed by atoms with Crippen LogP contribution in [0.4, 0.5) is 0 Å². The van der Waals surface area contributed by atoms with Crippen molar-refractivity contribution in [3.05, 3.63) is 35.9 Å². The van der Waals surface area contributed by atoms with Crippen molar-refractivity contribution in [1.29, 1.82) is 0 Å². The molecule has 1 aliphatic carbocycles. The minimum atomic E-state index is -0.463. The molecule has 1 amide bonds. The van der Waals surface area contributed by atoms with E-state index < -0.39 is 5.54 Å². The van der Waals surface area contributed by atoms with E-state index in [9.17, 15) is 4.79 Å². The van der Waals surface area contributed by atoms with Crippen molar-refractivity contribution in [2.45, 2.75) is 51.0 Å². The van der Waals surface area contributed by atoms with Gasteiger partial charge in [0.15, 0.2) is 0 Å². The highest BCUT2D eigenvalue weighted by Crippen LogP contribution is 2.32. The molecule has 0 radical (unpaired) electrons. The van der Waals surface area contributed by atoms with Gasteiger partial charge in [-0.1, -0.05) is 49.5 Å². The largest absolute Gasteiger partial charge is 0.391 e. The third-order valence-corrected chi connectivity index (χ3v) is 4.85. The number of rotatable bonds is 5. The van der Waals surface area contributed by atoms with Gasteiger partial charge >= 0.3 is 0 Å². The molecule has 0 aliphatic heterocycles. The Labute approximate surface area is 132 Å². The molecule has 0 bridgehead atoms. The zero-order valence-electron chi connectivity index (χ0n) is 12.6. The number of nitrogens with two attached hydrogens (primary N) is 1. The van der Waals surface area contributed by atoms with Crippen LogP contribution < -0.4 is 11.1 Å². The Morgan fingerprint density at radius 3 is 2.52 bits per heavy atom. The van der Waals surface area contributed by atoms with E-state index >= 15 is 0 Å². The number of hydrogen-bond donors (Lipinski definition) is 2. The summed E-state index contributed by atoms with van der Waals surface area (Å²) in [6.07, 6.45) is 5.08. The summed E-state index contributed by atoms with van der Waals surface area (Å²) < 4.78 is 0. The normalized spacial score (nSPS) is 25.3. The highest BCUT2D eigenvalue weighted by Gasteiger charge is 2.38. The zero-order chi connectivity index (χ0) is 15.3. The van der Waals surface area contributed by atoms with Gasteiger partial charge in [0, 0.05) is 6.42 Å². The molecule has 1 aliphatic rings. The first-order valence-electron chi connectivity index (χ1n) is 7.67. The summed E-state index contributed by atoms with van der Waals surface area (Å²) in [4.78, 5) is 12.7. The fourth-order valence-corrected chi connectivity index (χ4v) is 3.18. The average Bonchev–Trinajstić information content (AvgIpc) is 2.48. The summed E-state index contributed by atoms with van der Waals surface area (Å²) in [7, 11) is 0. The van der Waals surface area contributed by atoms with Crippen molar-refractivity contribution in [3.8, 4) is 0 Å². The summed E-state index contributed by atoms with van der Waals surface area (Å²) >= 11 is 5.23. The molecular weight excluding hydrogens is 280 g/mol. The first-order chi connectivity index (χ1) is 10.0. The van der Waals surface area contributed by atoms with E-state index in [2.05, 4.69) is 12.2 Å². The Kier molecular flexibility index (Phi) is 5.34. The third kappa shape index (κ3) is 4.27. The second kappa shape index (κ2) is 7.03. The van der Waals surface area contributed by atoms with Crippen molar-refractivity contribution < 1.29 is 4.79 Å². The van der Waals surface area contributed by atoms with E-state index in [1.807, 2.05) is 30.3 Å². The van der Waals surface area contributed by atoms with Gasteiger partial charge in [-0.2, -0.15) is 0 Å². The molecule has 3 N–H and O–H groups in total. The second-order valence-electron chi connectivity index (χ2n) is 6.16. The summed E-state index contributed by atoms with van der Waals surface area (Å²) in [6.45, 7) is 2.24. The Hall–Kier alpha value is -1.42. The maximum absolute atomic E-state index is 12.2. The van der Waals surface area contributed by atoms with Crippen molar-refractivity contribution in [2.24, 2.45) is 11.7 Å². The maximum Gasteiger partial charge on any atom is 0.221 e. The van der Waals surface area contributed by atoms with Crippen LogP contribution >= 0.6 is 12.2 Å². The summed E-state index contributed by atoms with van der Waals surface area (Å²) in [6, 6.07) is 10.0. The van der Waals surface area contributed by atoms with Gasteiger partial charge in [0.05, 0.1) is 10.5 Å². The van der Waals surface area contributed by atoms with Crippen LogP contribution in [0.5, 0.6) is 0 Å². The number of benzene rings is 1.